The molecule has 5 nitrogen and oxygen atoms in total. The van der Waals surface area contributed by atoms with Crippen molar-refractivity contribution in [2.45, 2.75) is 17.9 Å². The molecule has 0 amide bonds. The molecule has 0 saturated carbocycles. The number of likely N-dealkylation sites (N-methyl/N-ethyl adjacent to an activating group) is 1. The third-order valence-electron chi connectivity index (χ3n) is 2.72. The molecular formula is C11H18FN3O2S. The van der Waals surface area contributed by atoms with E-state index in [-0.39, 0.29) is 18.3 Å². The zero-order valence-electron chi connectivity index (χ0n) is 10.6. The number of nitrogens with two attached hydrogens (primary N) is 1. The summed E-state index contributed by atoms with van der Waals surface area (Å²) in [6.45, 7) is 2.04. The lowest BCUT2D eigenvalue weighted by atomic mass is 10.3. The lowest BCUT2D eigenvalue weighted by molar-refractivity contribution is 0.314. The summed E-state index contributed by atoms with van der Waals surface area (Å²) in [4.78, 5) is 1.36. The largest absolute Gasteiger partial charge is 0.398 e. The number of rotatable bonds is 5. The maximum Gasteiger partial charge on any atom is 0.245 e. The molecule has 0 fully saturated rings. The Morgan fingerprint density at radius 3 is 2.56 bits per heavy atom. The maximum atomic E-state index is 13.5. The molecule has 0 bridgehead atoms. The molecule has 3 N–H and O–H groups in total. The second-order valence-corrected chi connectivity index (χ2v) is 6.03. The van der Waals surface area contributed by atoms with Crippen LogP contribution in [0.3, 0.4) is 0 Å². The molecule has 0 aliphatic rings. The monoisotopic (exact) mass is 275 g/mol. The van der Waals surface area contributed by atoms with Gasteiger partial charge in [0.2, 0.25) is 10.0 Å². The van der Waals surface area contributed by atoms with Crippen molar-refractivity contribution in [3.63, 3.8) is 0 Å². The molecular weight excluding hydrogens is 257 g/mol. The predicted octanol–water partition coefficient (Wildman–Crippen LogP) is 0.636. The van der Waals surface area contributed by atoms with Gasteiger partial charge in [0, 0.05) is 12.6 Å². The van der Waals surface area contributed by atoms with Gasteiger partial charge in [-0.2, -0.15) is 0 Å². The number of anilines is 1. The molecule has 0 aliphatic heterocycles. The van der Waals surface area contributed by atoms with E-state index in [1.807, 2.05) is 25.9 Å². The van der Waals surface area contributed by atoms with Crippen molar-refractivity contribution >= 4 is 15.7 Å². The van der Waals surface area contributed by atoms with Gasteiger partial charge in [-0.25, -0.2) is 17.5 Å². The van der Waals surface area contributed by atoms with Gasteiger partial charge in [-0.3, -0.25) is 0 Å². The van der Waals surface area contributed by atoms with Crippen molar-refractivity contribution in [1.29, 1.82) is 0 Å². The standard InChI is InChI=1S/C11H18FN3O2S/c1-8(15(2)3)7-14-18(16,17)11-9(12)5-4-6-10(11)13/h4-6,8,14H,7,13H2,1-3H3. The van der Waals surface area contributed by atoms with E-state index < -0.39 is 20.7 Å². The number of sulfonamides is 1. The Morgan fingerprint density at radius 1 is 1.44 bits per heavy atom. The molecule has 0 heterocycles. The van der Waals surface area contributed by atoms with Gasteiger partial charge in [0.05, 0.1) is 5.69 Å². The van der Waals surface area contributed by atoms with Gasteiger partial charge in [-0.05, 0) is 33.2 Å². The molecule has 1 atom stereocenters. The molecule has 1 unspecified atom stereocenters. The quantitative estimate of drug-likeness (QED) is 0.773. The van der Waals surface area contributed by atoms with Gasteiger partial charge in [-0.1, -0.05) is 6.07 Å². The van der Waals surface area contributed by atoms with E-state index in [4.69, 9.17) is 5.73 Å². The SMILES string of the molecule is CC(CNS(=O)(=O)c1c(N)cccc1F)N(C)C. The molecule has 1 aromatic rings. The van der Waals surface area contributed by atoms with Gasteiger partial charge < -0.3 is 10.6 Å². The van der Waals surface area contributed by atoms with Crippen LogP contribution in [-0.4, -0.2) is 40.0 Å². The highest BCUT2D eigenvalue weighted by atomic mass is 32.2. The summed E-state index contributed by atoms with van der Waals surface area (Å²) in [5.41, 5.74) is 5.41. The van der Waals surface area contributed by atoms with E-state index in [1.165, 1.54) is 12.1 Å². The average molecular weight is 275 g/mol. The molecule has 1 rings (SSSR count). The molecule has 18 heavy (non-hydrogen) atoms. The second-order valence-electron chi connectivity index (χ2n) is 4.32. The van der Waals surface area contributed by atoms with Crippen LogP contribution in [0.4, 0.5) is 10.1 Å². The van der Waals surface area contributed by atoms with Crippen LogP contribution in [0.1, 0.15) is 6.92 Å². The lowest BCUT2D eigenvalue weighted by Gasteiger charge is -2.20. The van der Waals surface area contributed by atoms with Crippen LogP contribution >= 0.6 is 0 Å². The van der Waals surface area contributed by atoms with E-state index >= 15 is 0 Å². The predicted molar refractivity (Wildman–Crippen MR) is 69.1 cm³/mol. The van der Waals surface area contributed by atoms with Crippen LogP contribution in [0.15, 0.2) is 23.1 Å². The van der Waals surface area contributed by atoms with Crippen molar-refractivity contribution in [1.82, 2.24) is 9.62 Å². The minimum absolute atomic E-state index is 0.00669. The summed E-state index contributed by atoms with van der Waals surface area (Å²) in [5, 5.41) is 0. The van der Waals surface area contributed by atoms with E-state index in [9.17, 15) is 12.8 Å². The Morgan fingerprint density at radius 2 is 2.06 bits per heavy atom. The smallest absolute Gasteiger partial charge is 0.245 e. The van der Waals surface area contributed by atoms with Gasteiger partial charge in [0.1, 0.15) is 10.7 Å². The Hall–Kier alpha value is -1.18. The number of benzene rings is 1. The number of hydrogen-bond donors (Lipinski definition) is 2. The maximum absolute atomic E-state index is 13.5. The fraction of sp³-hybridized carbons (Fsp3) is 0.455. The zero-order valence-corrected chi connectivity index (χ0v) is 11.5. The molecule has 102 valence electrons. The minimum Gasteiger partial charge on any atom is -0.398 e. The van der Waals surface area contributed by atoms with Crippen molar-refractivity contribution < 1.29 is 12.8 Å². The summed E-state index contributed by atoms with van der Waals surface area (Å²) in [5.74, 6) is -0.847. The third-order valence-corrected chi connectivity index (χ3v) is 4.23. The highest BCUT2D eigenvalue weighted by Gasteiger charge is 2.22. The number of nitrogens with one attached hydrogen (secondary N) is 1. The van der Waals surface area contributed by atoms with Gasteiger partial charge >= 0.3 is 0 Å². The molecule has 1 aromatic carbocycles. The number of hydrogen-bond acceptors (Lipinski definition) is 4. The van der Waals surface area contributed by atoms with Gasteiger partial charge in [0.15, 0.2) is 0 Å². The fourth-order valence-electron chi connectivity index (χ4n) is 1.29. The van der Waals surface area contributed by atoms with Crippen molar-refractivity contribution in [3.8, 4) is 0 Å². The number of nitrogens with zero attached hydrogens (tertiary/aromatic N) is 1. The summed E-state index contributed by atoms with van der Waals surface area (Å²) >= 11 is 0. The molecule has 0 spiro atoms. The van der Waals surface area contributed by atoms with Crippen LogP contribution in [0.5, 0.6) is 0 Å². The van der Waals surface area contributed by atoms with Crippen molar-refractivity contribution in [3.05, 3.63) is 24.0 Å². The first-order chi connectivity index (χ1) is 8.25. The summed E-state index contributed by atoms with van der Waals surface area (Å²) in [6.07, 6.45) is 0. The number of halogens is 1. The highest BCUT2D eigenvalue weighted by Crippen LogP contribution is 2.21. The van der Waals surface area contributed by atoms with Crippen molar-refractivity contribution in [2.24, 2.45) is 0 Å². The average Bonchev–Trinajstić information content (AvgIpc) is 2.25. The van der Waals surface area contributed by atoms with E-state index in [0.29, 0.717) is 0 Å². The Bertz CT molecular complexity index is 497. The summed E-state index contributed by atoms with van der Waals surface area (Å²) in [6, 6.07) is 3.78. The van der Waals surface area contributed by atoms with Crippen LogP contribution in [0.25, 0.3) is 0 Å². The first kappa shape index (κ1) is 14.9. The topological polar surface area (TPSA) is 75.4 Å². The highest BCUT2D eigenvalue weighted by molar-refractivity contribution is 7.89. The van der Waals surface area contributed by atoms with E-state index in [0.717, 1.165) is 6.07 Å². The van der Waals surface area contributed by atoms with Crippen LogP contribution < -0.4 is 10.5 Å². The first-order valence-corrected chi connectivity index (χ1v) is 6.94. The normalized spacial score (nSPS) is 13.8. The Kier molecular flexibility index (Phi) is 4.66. The van der Waals surface area contributed by atoms with Crippen molar-refractivity contribution in [2.75, 3.05) is 26.4 Å². The Labute approximate surface area is 107 Å². The third kappa shape index (κ3) is 3.41. The number of nitrogen functional groups attached to an aromatic ring is 1. The van der Waals surface area contributed by atoms with E-state index in [2.05, 4.69) is 4.72 Å². The second kappa shape index (κ2) is 5.64. The first-order valence-electron chi connectivity index (χ1n) is 5.46. The molecule has 7 heteroatoms. The molecule has 0 aliphatic carbocycles. The fourth-order valence-corrected chi connectivity index (χ4v) is 2.60. The van der Waals surface area contributed by atoms with Crippen LogP contribution in [0, 0.1) is 5.82 Å². The van der Waals surface area contributed by atoms with E-state index in [1.54, 1.807) is 0 Å². The molecule has 0 radical (unpaired) electrons. The summed E-state index contributed by atoms with van der Waals surface area (Å²) < 4.78 is 39.8. The molecule has 0 aromatic heterocycles. The lowest BCUT2D eigenvalue weighted by Crippen LogP contribution is -2.38. The van der Waals surface area contributed by atoms with Gasteiger partial charge in [0.25, 0.3) is 0 Å². The van der Waals surface area contributed by atoms with Crippen LogP contribution in [0.2, 0.25) is 0 Å². The summed E-state index contributed by atoms with van der Waals surface area (Å²) in [7, 11) is -0.267. The van der Waals surface area contributed by atoms with Gasteiger partial charge in [-0.15, -0.1) is 0 Å². The molecule has 0 saturated heterocycles. The zero-order chi connectivity index (χ0) is 13.9. The minimum atomic E-state index is -3.93. The Balaban J connectivity index is 2.94. The van der Waals surface area contributed by atoms with Crippen LogP contribution in [-0.2, 0) is 10.0 Å².